The Kier molecular flexibility index (Phi) is 6.48. The van der Waals surface area contributed by atoms with Crippen LogP contribution in [0.15, 0.2) is 60.9 Å². The lowest BCUT2D eigenvalue weighted by atomic mass is 10.0. The van der Waals surface area contributed by atoms with Gasteiger partial charge in [-0.15, -0.1) is 0 Å². The number of fused-ring (bicyclic) bond motifs is 1. The number of hydrogen-bond acceptors (Lipinski definition) is 6. The highest BCUT2D eigenvalue weighted by Gasteiger charge is 2.48. The molecule has 0 aliphatic carbocycles. The molecule has 2 aromatic carbocycles. The summed E-state index contributed by atoms with van der Waals surface area (Å²) in [6, 6.07) is 13.2. The molecular weight excluding hydrogens is 555 g/mol. The number of nitrogens with zero attached hydrogens (tertiary/aromatic N) is 4. The number of carbonyl (C=O) groups excluding carboxylic acids is 2. The summed E-state index contributed by atoms with van der Waals surface area (Å²) in [5.74, 6) is -0.842. The van der Waals surface area contributed by atoms with Crippen LogP contribution < -0.4 is 24.0 Å². The summed E-state index contributed by atoms with van der Waals surface area (Å²) in [5, 5.41) is 19.2. The molecule has 202 valence electrons. The molecule has 2 amide bonds. The smallest absolute Gasteiger partial charge is 0.331 e. The molecule has 9 nitrogen and oxygen atoms in total. The molecule has 0 saturated heterocycles. The first-order chi connectivity index (χ1) is 19.3. The van der Waals surface area contributed by atoms with Crippen molar-refractivity contribution in [1.29, 1.82) is 0 Å². The molecule has 2 aliphatic heterocycles. The van der Waals surface area contributed by atoms with Crippen LogP contribution in [-0.2, 0) is 16.0 Å². The third-order valence-corrected chi connectivity index (χ3v) is 7.42. The summed E-state index contributed by atoms with van der Waals surface area (Å²) in [7, 11) is 0. The van der Waals surface area contributed by atoms with E-state index in [1.54, 1.807) is 53.4 Å². The molecule has 0 unspecified atom stereocenters. The van der Waals surface area contributed by atoms with Gasteiger partial charge in [0.2, 0.25) is 6.79 Å². The van der Waals surface area contributed by atoms with Crippen LogP contribution in [0, 0.1) is 6.92 Å². The van der Waals surface area contributed by atoms with Crippen LogP contribution in [0.3, 0.4) is 0 Å². The van der Waals surface area contributed by atoms with Crippen molar-refractivity contribution in [2.45, 2.75) is 26.7 Å². The number of carbonyl (C=O) groups is 2. The summed E-state index contributed by atoms with van der Waals surface area (Å²) < 4.78 is 13.6. The molecular formula is C29H22Cl2N4O5. The number of hydrogen-bond donors (Lipinski definition) is 0. The van der Waals surface area contributed by atoms with Gasteiger partial charge in [0.1, 0.15) is 5.57 Å². The number of amides is 2. The second kappa shape index (κ2) is 10.0. The van der Waals surface area contributed by atoms with E-state index in [0.29, 0.717) is 46.4 Å². The van der Waals surface area contributed by atoms with Crippen molar-refractivity contribution in [2.24, 2.45) is 0 Å². The predicted octanol–water partition coefficient (Wildman–Crippen LogP) is 4.47. The third kappa shape index (κ3) is 4.18. The second-order valence-corrected chi connectivity index (χ2v) is 10.2. The summed E-state index contributed by atoms with van der Waals surface area (Å²) in [6.45, 7) is 3.86. The third-order valence-electron chi connectivity index (χ3n) is 6.68. The molecule has 0 radical (unpaired) electrons. The van der Waals surface area contributed by atoms with Gasteiger partial charge in [-0.2, -0.15) is 9.67 Å². The molecule has 0 spiro atoms. The van der Waals surface area contributed by atoms with Gasteiger partial charge in [0, 0.05) is 23.3 Å². The maximum Gasteiger partial charge on any atom is 0.331 e. The van der Waals surface area contributed by atoms with E-state index in [1.165, 1.54) is 10.7 Å². The van der Waals surface area contributed by atoms with Crippen LogP contribution in [0.5, 0.6) is 17.4 Å². The molecule has 40 heavy (non-hydrogen) atoms. The van der Waals surface area contributed by atoms with E-state index in [4.69, 9.17) is 32.7 Å². The number of ether oxygens (including phenoxy) is 2. The first kappa shape index (κ1) is 25.9. The first-order valence-electron chi connectivity index (χ1n) is 12.5. The van der Waals surface area contributed by atoms with E-state index < -0.39 is 17.7 Å². The average molecular weight is 577 g/mol. The zero-order valence-corrected chi connectivity index (χ0v) is 23.0. The van der Waals surface area contributed by atoms with Gasteiger partial charge in [-0.25, -0.2) is 9.58 Å². The van der Waals surface area contributed by atoms with Crippen molar-refractivity contribution in [1.82, 2.24) is 9.78 Å². The summed E-state index contributed by atoms with van der Waals surface area (Å²) >= 11 is 12.3. The molecule has 2 aromatic heterocycles. The molecule has 0 saturated carbocycles. The molecule has 0 N–H and O–H groups in total. The van der Waals surface area contributed by atoms with Gasteiger partial charge >= 0.3 is 5.91 Å². The lowest BCUT2D eigenvalue weighted by Crippen LogP contribution is -2.39. The largest absolute Gasteiger partial charge is 0.858 e. The number of benzene rings is 2. The maximum absolute atomic E-state index is 14.2. The van der Waals surface area contributed by atoms with Gasteiger partial charge in [-0.05, 0) is 55.6 Å². The van der Waals surface area contributed by atoms with Crippen molar-refractivity contribution in [3.05, 3.63) is 87.8 Å². The van der Waals surface area contributed by atoms with Crippen molar-refractivity contribution in [2.75, 3.05) is 11.7 Å². The van der Waals surface area contributed by atoms with E-state index in [0.717, 1.165) is 10.5 Å². The Bertz CT molecular complexity index is 1750. The lowest BCUT2D eigenvalue weighted by Gasteiger charge is -2.16. The highest BCUT2D eigenvalue weighted by molar-refractivity contribution is 6.53. The van der Waals surface area contributed by atoms with Crippen LogP contribution in [0.2, 0.25) is 10.0 Å². The van der Waals surface area contributed by atoms with Crippen LogP contribution in [0.1, 0.15) is 30.2 Å². The van der Waals surface area contributed by atoms with Gasteiger partial charge in [0.15, 0.2) is 23.9 Å². The number of aromatic nitrogens is 3. The Hall–Kier alpha value is -4.34. The number of anilines is 1. The topological polar surface area (TPSA) is 101 Å². The number of halogens is 2. The number of rotatable bonds is 6. The molecule has 2 aliphatic rings. The molecule has 0 bridgehead atoms. The maximum atomic E-state index is 14.2. The Morgan fingerprint density at radius 2 is 1.77 bits per heavy atom. The lowest BCUT2D eigenvalue weighted by molar-refractivity contribution is -0.577. The minimum Gasteiger partial charge on any atom is -0.858 e. The van der Waals surface area contributed by atoms with Crippen molar-refractivity contribution in [3.63, 3.8) is 0 Å². The van der Waals surface area contributed by atoms with Crippen molar-refractivity contribution >= 4 is 52.0 Å². The second-order valence-electron chi connectivity index (χ2n) is 9.38. The zero-order valence-electron chi connectivity index (χ0n) is 21.5. The quantitative estimate of drug-likeness (QED) is 0.248. The molecule has 4 aromatic rings. The molecule has 0 fully saturated rings. The van der Waals surface area contributed by atoms with Gasteiger partial charge < -0.3 is 14.6 Å². The average Bonchev–Trinajstić information content (AvgIpc) is 3.59. The SMILES string of the molecule is CCCc1nn(-c2ccc(Cl)c(Cl)c2)c([O-])c1C1=C([n+]2cccc(C)c2)C(=O)N(c2ccc3c(c2)OCO3)C1=O. The van der Waals surface area contributed by atoms with Crippen molar-refractivity contribution in [3.8, 4) is 23.1 Å². The normalized spacial score (nSPS) is 14.6. The van der Waals surface area contributed by atoms with Gasteiger partial charge in [0.05, 0.1) is 27.1 Å². The van der Waals surface area contributed by atoms with Crippen LogP contribution in [0.4, 0.5) is 5.69 Å². The Morgan fingerprint density at radius 1 is 1.00 bits per heavy atom. The molecule has 4 heterocycles. The van der Waals surface area contributed by atoms with Gasteiger partial charge in [0.25, 0.3) is 11.6 Å². The van der Waals surface area contributed by atoms with E-state index >= 15 is 0 Å². The molecule has 0 atom stereocenters. The predicted molar refractivity (Wildman–Crippen MR) is 147 cm³/mol. The Labute approximate surface area is 239 Å². The standard InChI is InChI=1S/C29H22Cl2N4O5/c1-3-5-21-24(28(37)35(32-21)18-7-9-19(30)20(31)12-18)25-26(33-11-4-6-16(2)14-33)29(38)34(27(25)36)17-8-10-22-23(13-17)40-15-39-22/h4,6-14H,3,5,15H2,1-2H3. The molecule has 11 heteroatoms. The Morgan fingerprint density at radius 3 is 2.52 bits per heavy atom. The van der Waals surface area contributed by atoms with E-state index in [9.17, 15) is 14.7 Å². The summed E-state index contributed by atoms with van der Waals surface area (Å²) in [4.78, 5) is 29.3. The van der Waals surface area contributed by atoms with Crippen LogP contribution >= 0.6 is 23.2 Å². The number of aryl methyl sites for hydroxylation is 2. The number of imide groups is 1. The highest BCUT2D eigenvalue weighted by atomic mass is 35.5. The monoisotopic (exact) mass is 576 g/mol. The van der Waals surface area contributed by atoms with Gasteiger partial charge in [-0.3, -0.25) is 9.59 Å². The summed E-state index contributed by atoms with van der Waals surface area (Å²) in [6.07, 6.45) is 4.46. The fourth-order valence-corrected chi connectivity index (χ4v) is 5.17. The summed E-state index contributed by atoms with van der Waals surface area (Å²) in [5.41, 5.74) is 2.02. The van der Waals surface area contributed by atoms with Crippen LogP contribution in [0.25, 0.3) is 17.0 Å². The van der Waals surface area contributed by atoms with Crippen LogP contribution in [-0.4, -0.2) is 28.4 Å². The highest BCUT2D eigenvalue weighted by Crippen LogP contribution is 2.42. The molecule has 6 rings (SSSR count). The fourth-order valence-electron chi connectivity index (χ4n) is 4.87. The minimum atomic E-state index is -0.643. The van der Waals surface area contributed by atoms with E-state index in [2.05, 4.69) is 5.10 Å². The van der Waals surface area contributed by atoms with Gasteiger partial charge in [-0.1, -0.05) is 36.5 Å². The zero-order chi connectivity index (χ0) is 28.1. The minimum absolute atomic E-state index is 0.0296. The Balaban J connectivity index is 1.58. The number of pyridine rings is 1. The fraction of sp³-hybridized carbons (Fsp3) is 0.172. The van der Waals surface area contributed by atoms with Crippen molar-refractivity contribution < 1.29 is 28.7 Å². The first-order valence-corrected chi connectivity index (χ1v) is 13.3. The van der Waals surface area contributed by atoms with E-state index in [-0.39, 0.29) is 28.6 Å². The van der Waals surface area contributed by atoms with E-state index in [1.807, 2.05) is 19.9 Å².